The van der Waals surface area contributed by atoms with Crippen LogP contribution >= 0.6 is 0 Å². The third kappa shape index (κ3) is 3.74. The van der Waals surface area contributed by atoms with E-state index in [1.54, 1.807) is 10.9 Å². The lowest BCUT2D eigenvalue weighted by Gasteiger charge is -2.28. The second-order valence-electron chi connectivity index (χ2n) is 7.22. The molecule has 1 aliphatic rings. The van der Waals surface area contributed by atoms with Gasteiger partial charge < -0.3 is 10.3 Å². The topological polar surface area (TPSA) is 62.7 Å². The van der Waals surface area contributed by atoms with E-state index in [1.807, 2.05) is 0 Å². The van der Waals surface area contributed by atoms with Gasteiger partial charge in [-0.05, 0) is 24.8 Å². The number of halogens is 4. The van der Waals surface area contributed by atoms with Gasteiger partial charge in [0.2, 0.25) is 5.92 Å². The van der Waals surface area contributed by atoms with Gasteiger partial charge in [0, 0.05) is 43.2 Å². The third-order valence-corrected chi connectivity index (χ3v) is 5.15. The SMILES string of the molecule is O=C(Nc1c[nH]c2cc(F)c(F)cc12)c1cnn(CC2CCC(F)(F)CC2)c1. The van der Waals surface area contributed by atoms with Gasteiger partial charge in [-0.25, -0.2) is 17.6 Å². The van der Waals surface area contributed by atoms with E-state index in [-0.39, 0.29) is 24.3 Å². The highest BCUT2D eigenvalue weighted by molar-refractivity contribution is 6.08. The van der Waals surface area contributed by atoms with E-state index >= 15 is 0 Å². The Labute approximate surface area is 157 Å². The van der Waals surface area contributed by atoms with Gasteiger partial charge in [0.15, 0.2) is 11.6 Å². The summed E-state index contributed by atoms with van der Waals surface area (Å²) in [6, 6.07) is 2.03. The smallest absolute Gasteiger partial charge is 0.258 e. The van der Waals surface area contributed by atoms with E-state index in [0.29, 0.717) is 36.0 Å². The van der Waals surface area contributed by atoms with Crippen LogP contribution in [0.5, 0.6) is 0 Å². The van der Waals surface area contributed by atoms with Gasteiger partial charge >= 0.3 is 0 Å². The molecule has 0 bridgehead atoms. The van der Waals surface area contributed by atoms with Crippen LogP contribution in [0.2, 0.25) is 0 Å². The molecule has 0 spiro atoms. The minimum Gasteiger partial charge on any atom is -0.359 e. The molecule has 1 aliphatic carbocycles. The average molecular weight is 394 g/mol. The van der Waals surface area contributed by atoms with E-state index in [2.05, 4.69) is 15.4 Å². The van der Waals surface area contributed by atoms with Gasteiger partial charge in [0.25, 0.3) is 5.91 Å². The number of alkyl halides is 2. The molecule has 3 aromatic rings. The molecule has 1 aromatic carbocycles. The third-order valence-electron chi connectivity index (χ3n) is 5.15. The Kier molecular flexibility index (Phi) is 4.60. The predicted octanol–water partition coefficient (Wildman–Crippen LogP) is 4.72. The van der Waals surface area contributed by atoms with Crippen molar-refractivity contribution >= 4 is 22.5 Å². The highest BCUT2D eigenvalue weighted by Gasteiger charge is 2.35. The predicted molar refractivity (Wildman–Crippen MR) is 95.3 cm³/mol. The van der Waals surface area contributed by atoms with Crippen LogP contribution in [0.3, 0.4) is 0 Å². The monoisotopic (exact) mass is 394 g/mol. The maximum Gasteiger partial charge on any atom is 0.258 e. The van der Waals surface area contributed by atoms with Gasteiger partial charge in [-0.3, -0.25) is 9.48 Å². The summed E-state index contributed by atoms with van der Waals surface area (Å²) in [5, 5.41) is 7.13. The van der Waals surface area contributed by atoms with Crippen LogP contribution in [-0.2, 0) is 6.54 Å². The lowest BCUT2D eigenvalue weighted by atomic mass is 9.87. The number of rotatable bonds is 4. The van der Waals surface area contributed by atoms with Crippen LogP contribution in [0.4, 0.5) is 23.2 Å². The number of carbonyl (C=O) groups is 1. The molecule has 1 amide bonds. The molecule has 1 fully saturated rings. The number of hydrogen-bond acceptors (Lipinski definition) is 2. The summed E-state index contributed by atoms with van der Waals surface area (Å²) in [5.41, 5.74) is 0.971. The molecule has 2 N–H and O–H groups in total. The number of hydrogen-bond donors (Lipinski definition) is 2. The molecule has 0 unspecified atom stereocenters. The van der Waals surface area contributed by atoms with Crippen LogP contribution in [0.15, 0.2) is 30.7 Å². The molecular formula is C19H18F4N4O. The van der Waals surface area contributed by atoms with Crippen LogP contribution in [0.25, 0.3) is 10.9 Å². The van der Waals surface area contributed by atoms with Crippen molar-refractivity contribution < 1.29 is 22.4 Å². The Hall–Kier alpha value is -2.84. The van der Waals surface area contributed by atoms with Crippen molar-refractivity contribution in [2.45, 2.75) is 38.2 Å². The zero-order chi connectivity index (χ0) is 19.9. The number of aromatic amines is 1. The number of anilines is 1. The summed E-state index contributed by atoms with van der Waals surface area (Å²) in [4.78, 5) is 15.2. The molecule has 0 saturated heterocycles. The Morgan fingerprint density at radius 1 is 1.25 bits per heavy atom. The lowest BCUT2D eigenvalue weighted by Crippen LogP contribution is -2.26. The zero-order valence-electron chi connectivity index (χ0n) is 14.8. The van der Waals surface area contributed by atoms with Gasteiger partial charge in [-0.2, -0.15) is 5.10 Å². The van der Waals surface area contributed by atoms with Gasteiger partial charge in [0.1, 0.15) is 0 Å². The Morgan fingerprint density at radius 2 is 1.96 bits per heavy atom. The molecule has 2 heterocycles. The first kappa shape index (κ1) is 18.5. The standard InChI is InChI=1S/C19H18F4N4O/c20-14-5-13-16(6-15(14)21)24-8-17(13)26-18(28)12-7-25-27(10-12)9-11-1-3-19(22,23)4-2-11/h5-8,10-11,24H,1-4,9H2,(H,26,28). The maximum absolute atomic E-state index is 13.5. The number of aromatic nitrogens is 3. The fourth-order valence-electron chi connectivity index (χ4n) is 3.54. The van der Waals surface area contributed by atoms with Crippen molar-refractivity contribution in [1.29, 1.82) is 0 Å². The number of carbonyl (C=O) groups excluding carboxylic acids is 1. The van der Waals surface area contributed by atoms with E-state index in [4.69, 9.17) is 0 Å². The van der Waals surface area contributed by atoms with Gasteiger partial charge in [-0.15, -0.1) is 0 Å². The molecule has 28 heavy (non-hydrogen) atoms. The van der Waals surface area contributed by atoms with Crippen molar-refractivity contribution in [3.05, 3.63) is 47.9 Å². The Bertz CT molecular complexity index is 1020. The van der Waals surface area contributed by atoms with Crippen LogP contribution < -0.4 is 5.32 Å². The summed E-state index contributed by atoms with van der Waals surface area (Å²) in [7, 11) is 0. The zero-order valence-corrected chi connectivity index (χ0v) is 14.8. The van der Waals surface area contributed by atoms with E-state index in [1.165, 1.54) is 12.4 Å². The number of nitrogens with one attached hydrogen (secondary N) is 2. The summed E-state index contributed by atoms with van der Waals surface area (Å²) < 4.78 is 54.8. The fraction of sp³-hybridized carbons (Fsp3) is 0.368. The van der Waals surface area contributed by atoms with Crippen molar-refractivity contribution in [2.75, 3.05) is 5.32 Å². The molecule has 9 heteroatoms. The van der Waals surface area contributed by atoms with E-state index in [9.17, 15) is 22.4 Å². The van der Waals surface area contributed by atoms with Crippen molar-refractivity contribution in [3.8, 4) is 0 Å². The van der Waals surface area contributed by atoms with Crippen LogP contribution in [-0.4, -0.2) is 26.6 Å². The van der Waals surface area contributed by atoms with Gasteiger partial charge in [-0.1, -0.05) is 0 Å². The fourth-order valence-corrected chi connectivity index (χ4v) is 3.54. The summed E-state index contributed by atoms with van der Waals surface area (Å²) in [6.07, 6.45) is 5.00. The summed E-state index contributed by atoms with van der Waals surface area (Å²) in [5.74, 6) is -4.91. The molecule has 4 rings (SSSR count). The number of nitrogens with zero attached hydrogens (tertiary/aromatic N) is 2. The number of H-pyrrole nitrogens is 1. The molecule has 148 valence electrons. The van der Waals surface area contributed by atoms with Crippen molar-refractivity contribution in [2.24, 2.45) is 5.92 Å². The lowest BCUT2D eigenvalue weighted by molar-refractivity contribution is -0.0476. The largest absolute Gasteiger partial charge is 0.359 e. The number of amides is 1. The summed E-state index contributed by atoms with van der Waals surface area (Å²) in [6.45, 7) is 0.473. The minimum absolute atomic E-state index is 0.0990. The highest BCUT2D eigenvalue weighted by Crippen LogP contribution is 2.36. The maximum atomic E-state index is 13.5. The molecule has 5 nitrogen and oxygen atoms in total. The highest BCUT2D eigenvalue weighted by atomic mass is 19.3. The van der Waals surface area contributed by atoms with E-state index in [0.717, 1.165) is 12.1 Å². The molecule has 0 radical (unpaired) electrons. The summed E-state index contributed by atoms with van der Waals surface area (Å²) >= 11 is 0. The number of fused-ring (bicyclic) bond motifs is 1. The average Bonchev–Trinajstić information content (AvgIpc) is 3.25. The molecule has 0 atom stereocenters. The normalized spacial score (nSPS) is 17.1. The minimum atomic E-state index is -2.58. The molecular weight excluding hydrogens is 376 g/mol. The first-order valence-electron chi connectivity index (χ1n) is 8.98. The Morgan fingerprint density at radius 3 is 2.71 bits per heavy atom. The quantitative estimate of drug-likeness (QED) is 0.629. The van der Waals surface area contributed by atoms with E-state index < -0.39 is 23.5 Å². The second-order valence-corrected chi connectivity index (χ2v) is 7.22. The van der Waals surface area contributed by atoms with Gasteiger partial charge in [0.05, 0.1) is 23.0 Å². The second kappa shape index (κ2) is 6.96. The first-order valence-corrected chi connectivity index (χ1v) is 8.98. The molecule has 2 aromatic heterocycles. The first-order chi connectivity index (χ1) is 13.3. The van der Waals surface area contributed by atoms with Crippen molar-refractivity contribution in [3.63, 3.8) is 0 Å². The van der Waals surface area contributed by atoms with Crippen molar-refractivity contribution in [1.82, 2.24) is 14.8 Å². The number of benzene rings is 1. The molecule has 1 saturated carbocycles. The Balaban J connectivity index is 1.43. The van der Waals surface area contributed by atoms with Crippen LogP contribution in [0, 0.1) is 17.6 Å². The molecule has 0 aliphatic heterocycles. The van der Waals surface area contributed by atoms with Crippen LogP contribution in [0.1, 0.15) is 36.0 Å².